The predicted octanol–water partition coefficient (Wildman–Crippen LogP) is 5.40. The van der Waals surface area contributed by atoms with Crippen LogP contribution in [0.15, 0.2) is 46.4 Å². The van der Waals surface area contributed by atoms with E-state index in [9.17, 15) is 23.5 Å². The molecule has 1 saturated carbocycles. The molecule has 1 amide bonds. The molecule has 0 aromatic heterocycles. The molecule has 3 N–H and O–H groups in total. The van der Waals surface area contributed by atoms with Gasteiger partial charge in [0.1, 0.15) is 12.5 Å². The lowest BCUT2D eigenvalue weighted by Gasteiger charge is -2.42. The Labute approximate surface area is 232 Å². The van der Waals surface area contributed by atoms with Crippen LogP contribution in [0.3, 0.4) is 0 Å². The van der Waals surface area contributed by atoms with Crippen LogP contribution >= 0.6 is 23.4 Å². The Kier molecular flexibility index (Phi) is 8.22. The molecule has 0 bridgehead atoms. The standard InChI is InChI=1S/C29H37ClF2N2O3S/c1-16(7-6-8-17(30)15-31)23-24(25(35)33-19-12-28(5,37)13-19)34-22(14-27(2,3)4)29(23)20-10-9-18(32)11-21(20)38-26(29)36/h6-11,16,19,22-24,34,37H,12-15H2,1-5H3,(H,33,35)/b7-6-,17-8+/t16?,19-,22-,23+,24-,28+,29+/m1/s1. The van der Waals surface area contributed by atoms with Gasteiger partial charge in [-0.15, -0.1) is 0 Å². The number of hydrogen-bond acceptors (Lipinski definition) is 5. The van der Waals surface area contributed by atoms with Crippen LogP contribution in [0.25, 0.3) is 0 Å². The molecule has 1 aromatic rings. The van der Waals surface area contributed by atoms with E-state index in [4.69, 9.17) is 11.6 Å². The normalized spacial score (nSPS) is 34.0. The van der Waals surface area contributed by atoms with Gasteiger partial charge < -0.3 is 15.7 Å². The third kappa shape index (κ3) is 5.60. The maximum Gasteiger partial charge on any atom is 0.237 e. The number of aliphatic hydroxyl groups is 1. The van der Waals surface area contributed by atoms with Crippen molar-refractivity contribution < 1.29 is 23.5 Å². The number of thioether (sulfide) groups is 1. The highest BCUT2D eigenvalue weighted by atomic mass is 35.5. The van der Waals surface area contributed by atoms with Crippen molar-refractivity contribution in [2.24, 2.45) is 17.3 Å². The molecule has 5 atom stereocenters. The maximum atomic E-state index is 14.2. The van der Waals surface area contributed by atoms with Gasteiger partial charge in [0.2, 0.25) is 11.0 Å². The quantitative estimate of drug-likeness (QED) is 0.385. The van der Waals surface area contributed by atoms with E-state index in [1.165, 1.54) is 18.2 Å². The topological polar surface area (TPSA) is 78.4 Å². The Morgan fingerprint density at radius 1 is 1.37 bits per heavy atom. The van der Waals surface area contributed by atoms with Gasteiger partial charge in [0.25, 0.3) is 0 Å². The number of hydrogen-bond donors (Lipinski definition) is 3. The van der Waals surface area contributed by atoms with Gasteiger partial charge in [-0.1, -0.05) is 69.3 Å². The summed E-state index contributed by atoms with van der Waals surface area (Å²) in [7, 11) is 0. The summed E-state index contributed by atoms with van der Waals surface area (Å²) in [6.07, 6.45) is 6.52. The maximum absolute atomic E-state index is 14.2. The second-order valence-corrected chi connectivity index (χ2v) is 14.0. The van der Waals surface area contributed by atoms with E-state index in [0.29, 0.717) is 24.2 Å². The van der Waals surface area contributed by atoms with Crippen molar-refractivity contribution in [3.8, 4) is 0 Å². The molecule has 5 nitrogen and oxygen atoms in total. The van der Waals surface area contributed by atoms with Crippen molar-refractivity contribution >= 4 is 34.4 Å². The van der Waals surface area contributed by atoms with E-state index in [2.05, 4.69) is 31.4 Å². The highest BCUT2D eigenvalue weighted by Gasteiger charge is 2.66. The Morgan fingerprint density at radius 3 is 2.66 bits per heavy atom. The summed E-state index contributed by atoms with van der Waals surface area (Å²) in [6, 6.07) is 3.22. The minimum atomic E-state index is -1.08. The van der Waals surface area contributed by atoms with Gasteiger partial charge in [0.05, 0.1) is 17.1 Å². The molecule has 1 saturated heterocycles. The van der Waals surface area contributed by atoms with E-state index in [1.807, 2.05) is 13.0 Å². The van der Waals surface area contributed by atoms with Crippen molar-refractivity contribution in [2.75, 3.05) is 6.67 Å². The number of nitrogens with one attached hydrogen (secondary N) is 2. The lowest BCUT2D eigenvalue weighted by molar-refractivity contribution is -0.128. The van der Waals surface area contributed by atoms with E-state index < -0.39 is 35.5 Å². The molecule has 2 fully saturated rings. The number of rotatable bonds is 7. The van der Waals surface area contributed by atoms with Crippen molar-refractivity contribution in [3.05, 3.63) is 52.8 Å². The van der Waals surface area contributed by atoms with Crippen molar-refractivity contribution in [2.45, 2.75) is 87.9 Å². The molecule has 2 aliphatic heterocycles. The van der Waals surface area contributed by atoms with Crippen molar-refractivity contribution in [1.82, 2.24) is 10.6 Å². The molecule has 1 unspecified atom stereocenters. The number of alkyl halides is 1. The van der Waals surface area contributed by atoms with E-state index in [1.54, 1.807) is 19.1 Å². The number of halogens is 3. The summed E-state index contributed by atoms with van der Waals surface area (Å²) in [5.74, 6) is -1.44. The van der Waals surface area contributed by atoms with Gasteiger partial charge in [-0.25, -0.2) is 8.78 Å². The minimum Gasteiger partial charge on any atom is -0.390 e. The first-order chi connectivity index (χ1) is 17.7. The third-order valence-electron chi connectivity index (χ3n) is 7.95. The molecule has 2 heterocycles. The zero-order chi connectivity index (χ0) is 28.0. The number of allylic oxidation sites excluding steroid dienone is 4. The Hall–Kier alpha value is -1.74. The summed E-state index contributed by atoms with van der Waals surface area (Å²) < 4.78 is 27.1. The van der Waals surface area contributed by atoms with Crippen molar-refractivity contribution in [1.29, 1.82) is 0 Å². The molecule has 9 heteroatoms. The lowest BCUT2D eigenvalue weighted by atomic mass is 9.61. The Bertz CT molecular complexity index is 1160. The number of carbonyl (C=O) groups excluding carboxylic acids is 2. The third-order valence-corrected chi connectivity index (χ3v) is 9.26. The first-order valence-corrected chi connectivity index (χ1v) is 14.3. The number of benzene rings is 1. The fraction of sp³-hybridized carbons (Fsp3) is 0.586. The monoisotopic (exact) mass is 566 g/mol. The molecule has 208 valence electrons. The fourth-order valence-corrected chi connectivity index (χ4v) is 7.84. The first kappa shape index (κ1) is 29.2. The molecule has 3 aliphatic rings. The highest BCUT2D eigenvalue weighted by Crippen LogP contribution is 2.58. The van der Waals surface area contributed by atoms with Crippen LogP contribution in [0.4, 0.5) is 8.78 Å². The number of amides is 1. The SMILES string of the molecule is CC(/C=C\C=C(\Cl)CF)[C@H]1[C@H](C(=O)N[C@H]2C[C@@](C)(O)C2)N[C@H](CC(C)(C)C)[C@]12C(=O)Sc1cc(F)ccc12. The minimum absolute atomic E-state index is 0.0537. The molecule has 1 aromatic carbocycles. The molecule has 0 radical (unpaired) electrons. The van der Waals surface area contributed by atoms with Gasteiger partial charge in [-0.05, 0) is 61.3 Å². The van der Waals surface area contributed by atoms with Crippen LogP contribution in [-0.4, -0.2) is 46.5 Å². The molecule has 1 spiro atoms. The summed E-state index contributed by atoms with van der Waals surface area (Å²) >= 11 is 6.89. The Balaban J connectivity index is 1.81. The Morgan fingerprint density at radius 2 is 2.05 bits per heavy atom. The summed E-state index contributed by atoms with van der Waals surface area (Å²) in [6.45, 7) is 9.17. The highest BCUT2D eigenvalue weighted by molar-refractivity contribution is 8.14. The molecular weight excluding hydrogens is 530 g/mol. The van der Waals surface area contributed by atoms with E-state index in [-0.39, 0.29) is 39.5 Å². The van der Waals surface area contributed by atoms with Gasteiger partial charge in [-0.2, -0.15) is 0 Å². The summed E-state index contributed by atoms with van der Waals surface area (Å²) in [5.41, 5.74) is -1.31. The average Bonchev–Trinajstić information content (AvgIpc) is 3.26. The van der Waals surface area contributed by atoms with Gasteiger partial charge in [-0.3, -0.25) is 9.59 Å². The second kappa shape index (κ2) is 10.7. The van der Waals surface area contributed by atoms with Gasteiger partial charge in [0.15, 0.2) is 0 Å². The molecule has 4 rings (SSSR count). The van der Waals surface area contributed by atoms with Crippen LogP contribution in [0.5, 0.6) is 0 Å². The molecule has 1 aliphatic carbocycles. The smallest absolute Gasteiger partial charge is 0.237 e. The van der Waals surface area contributed by atoms with Crippen LogP contribution in [-0.2, 0) is 15.0 Å². The van der Waals surface area contributed by atoms with Gasteiger partial charge >= 0.3 is 0 Å². The largest absolute Gasteiger partial charge is 0.390 e. The average molecular weight is 567 g/mol. The van der Waals surface area contributed by atoms with Crippen LogP contribution in [0.1, 0.15) is 59.4 Å². The van der Waals surface area contributed by atoms with Crippen LogP contribution < -0.4 is 10.6 Å². The second-order valence-electron chi connectivity index (χ2n) is 12.5. The van der Waals surface area contributed by atoms with Gasteiger partial charge in [0, 0.05) is 27.9 Å². The summed E-state index contributed by atoms with van der Waals surface area (Å²) in [4.78, 5) is 28.4. The summed E-state index contributed by atoms with van der Waals surface area (Å²) in [5, 5.41) is 16.7. The van der Waals surface area contributed by atoms with E-state index >= 15 is 0 Å². The van der Waals surface area contributed by atoms with Crippen LogP contribution in [0, 0.1) is 23.1 Å². The number of carbonyl (C=O) groups is 2. The van der Waals surface area contributed by atoms with Crippen molar-refractivity contribution in [3.63, 3.8) is 0 Å². The first-order valence-electron chi connectivity index (χ1n) is 13.1. The lowest BCUT2D eigenvalue weighted by Crippen LogP contribution is -2.57. The van der Waals surface area contributed by atoms with Crippen LogP contribution in [0.2, 0.25) is 0 Å². The zero-order valence-corrected chi connectivity index (χ0v) is 24.1. The molecule has 38 heavy (non-hydrogen) atoms. The predicted molar refractivity (Wildman–Crippen MR) is 147 cm³/mol. The zero-order valence-electron chi connectivity index (χ0n) is 22.5. The number of fused-ring (bicyclic) bond motifs is 2. The van der Waals surface area contributed by atoms with E-state index in [0.717, 1.165) is 17.3 Å². The fourth-order valence-electron chi connectivity index (χ4n) is 6.49. The molecular formula is C29H37ClF2N2O3S.